The third kappa shape index (κ3) is 1.95. The lowest BCUT2D eigenvalue weighted by atomic mass is 10.0. The minimum atomic E-state index is -3.40. The second-order valence-corrected chi connectivity index (χ2v) is 5.97. The van der Waals surface area contributed by atoms with Gasteiger partial charge in [0.15, 0.2) is 9.84 Å². The highest BCUT2D eigenvalue weighted by Crippen LogP contribution is 2.34. The summed E-state index contributed by atoms with van der Waals surface area (Å²) >= 11 is 0. The lowest BCUT2D eigenvalue weighted by Crippen LogP contribution is -2.37. The van der Waals surface area contributed by atoms with E-state index < -0.39 is 27.6 Å². The molecule has 0 aliphatic carbocycles. The Hall–Kier alpha value is -1.93. The number of rotatable bonds is 2. The Morgan fingerprint density at radius 1 is 1.44 bits per heavy atom. The summed E-state index contributed by atoms with van der Waals surface area (Å²) in [6.07, 6.45) is 1.05. The molecule has 18 heavy (non-hydrogen) atoms. The van der Waals surface area contributed by atoms with Crippen LogP contribution in [0.4, 0.5) is 5.69 Å². The van der Waals surface area contributed by atoms with E-state index in [1.165, 1.54) is 18.2 Å². The molecule has 7 nitrogen and oxygen atoms in total. The fraction of sp³-hybridized carbons (Fsp3) is 0.200. The molecule has 1 aromatic carbocycles. The van der Waals surface area contributed by atoms with E-state index in [1.54, 1.807) is 0 Å². The van der Waals surface area contributed by atoms with E-state index in [0.29, 0.717) is 11.3 Å². The number of fused-ring (bicyclic) bond motifs is 1. The quantitative estimate of drug-likeness (QED) is 0.279. The Balaban J connectivity index is 2.56. The molecule has 1 aliphatic rings. The molecule has 0 spiro atoms. The maximum atomic E-state index is 11.6. The van der Waals surface area contributed by atoms with E-state index in [1.807, 2.05) is 5.43 Å². The van der Waals surface area contributed by atoms with Crippen molar-refractivity contribution < 1.29 is 18.0 Å². The van der Waals surface area contributed by atoms with Crippen molar-refractivity contribution in [3.8, 4) is 0 Å². The van der Waals surface area contributed by atoms with Crippen LogP contribution in [-0.2, 0) is 19.4 Å². The number of nitrogens with one attached hydrogen (secondary N) is 2. The highest BCUT2D eigenvalue weighted by atomic mass is 32.2. The predicted octanol–water partition coefficient (Wildman–Crippen LogP) is -0.884. The van der Waals surface area contributed by atoms with Gasteiger partial charge in [-0.15, -0.1) is 0 Å². The van der Waals surface area contributed by atoms with Crippen LogP contribution in [0.15, 0.2) is 23.1 Å². The van der Waals surface area contributed by atoms with Crippen LogP contribution in [0.2, 0.25) is 0 Å². The zero-order valence-corrected chi connectivity index (χ0v) is 10.2. The first-order valence-electron chi connectivity index (χ1n) is 5.00. The second kappa shape index (κ2) is 4.07. The molecule has 0 radical (unpaired) electrons. The summed E-state index contributed by atoms with van der Waals surface area (Å²) in [5.41, 5.74) is 2.62. The van der Waals surface area contributed by atoms with Crippen LogP contribution in [0.5, 0.6) is 0 Å². The molecule has 1 aliphatic heterocycles. The highest BCUT2D eigenvalue weighted by Gasteiger charge is 2.36. The molecule has 96 valence electrons. The van der Waals surface area contributed by atoms with Crippen molar-refractivity contribution in [3.05, 3.63) is 23.8 Å². The number of hydrogen-bond acceptors (Lipinski definition) is 5. The summed E-state index contributed by atoms with van der Waals surface area (Å²) in [5, 5.41) is 2.49. The third-order valence-electron chi connectivity index (χ3n) is 2.69. The van der Waals surface area contributed by atoms with Gasteiger partial charge < -0.3 is 5.32 Å². The Morgan fingerprint density at radius 2 is 2.11 bits per heavy atom. The van der Waals surface area contributed by atoms with Gasteiger partial charge in [-0.2, -0.15) is 0 Å². The lowest BCUT2D eigenvalue weighted by molar-refractivity contribution is -0.128. The van der Waals surface area contributed by atoms with Gasteiger partial charge in [0.1, 0.15) is 5.92 Å². The maximum Gasteiger partial charge on any atom is 0.251 e. The average Bonchev–Trinajstić information content (AvgIpc) is 2.61. The van der Waals surface area contributed by atoms with Crippen molar-refractivity contribution in [3.63, 3.8) is 0 Å². The van der Waals surface area contributed by atoms with Crippen molar-refractivity contribution >= 4 is 27.3 Å². The van der Waals surface area contributed by atoms with Crippen LogP contribution in [-0.4, -0.2) is 26.5 Å². The van der Waals surface area contributed by atoms with Gasteiger partial charge in [-0.1, -0.05) is 0 Å². The molecule has 2 rings (SSSR count). The highest BCUT2D eigenvalue weighted by molar-refractivity contribution is 7.90. The smallest absolute Gasteiger partial charge is 0.251 e. The topological polar surface area (TPSA) is 118 Å². The van der Waals surface area contributed by atoms with E-state index in [2.05, 4.69) is 5.32 Å². The summed E-state index contributed by atoms with van der Waals surface area (Å²) in [6.45, 7) is 0. The number of benzene rings is 1. The molecule has 1 unspecified atom stereocenters. The minimum absolute atomic E-state index is 0.0487. The number of amides is 2. The molecule has 1 aromatic rings. The van der Waals surface area contributed by atoms with Gasteiger partial charge in [0.25, 0.3) is 5.91 Å². The van der Waals surface area contributed by atoms with E-state index in [0.717, 1.165) is 6.26 Å². The Labute approximate surface area is 103 Å². The van der Waals surface area contributed by atoms with E-state index in [-0.39, 0.29) is 4.90 Å². The Bertz CT molecular complexity index is 631. The fourth-order valence-electron chi connectivity index (χ4n) is 1.81. The summed E-state index contributed by atoms with van der Waals surface area (Å²) in [5.74, 6) is 2.67. The van der Waals surface area contributed by atoms with Crippen LogP contribution in [0, 0.1) is 0 Å². The van der Waals surface area contributed by atoms with Gasteiger partial charge in [0.05, 0.1) is 4.90 Å². The molecule has 0 fully saturated rings. The van der Waals surface area contributed by atoms with Gasteiger partial charge >= 0.3 is 0 Å². The summed E-state index contributed by atoms with van der Waals surface area (Å²) < 4.78 is 22.9. The standard InChI is InChI=1S/C10H11N3O4S/c1-18(16,17)5-2-3-7-6(4-5)8(9(14)12-7)10(15)13-11/h2-4,8H,11H2,1H3,(H,12,14)(H,13,15). The van der Waals surface area contributed by atoms with Crippen LogP contribution in [0.3, 0.4) is 0 Å². The van der Waals surface area contributed by atoms with Gasteiger partial charge in [0, 0.05) is 11.9 Å². The molecule has 2 amide bonds. The first-order chi connectivity index (χ1) is 8.34. The molecule has 8 heteroatoms. The summed E-state index contributed by atoms with van der Waals surface area (Å²) in [7, 11) is -3.40. The zero-order chi connectivity index (χ0) is 13.5. The van der Waals surface area contributed by atoms with Crippen molar-refractivity contribution in [1.29, 1.82) is 0 Å². The molecule has 4 N–H and O–H groups in total. The lowest BCUT2D eigenvalue weighted by Gasteiger charge is -2.07. The number of carbonyl (C=O) groups excluding carboxylic acids is 2. The molecule has 1 heterocycles. The van der Waals surface area contributed by atoms with Crippen LogP contribution in [0.1, 0.15) is 11.5 Å². The van der Waals surface area contributed by atoms with Gasteiger partial charge in [-0.05, 0) is 23.8 Å². The number of anilines is 1. The third-order valence-corrected chi connectivity index (χ3v) is 3.80. The number of carbonyl (C=O) groups is 2. The summed E-state index contributed by atoms with van der Waals surface area (Å²) in [4.78, 5) is 23.2. The first kappa shape index (κ1) is 12.5. The number of hydrazine groups is 1. The van der Waals surface area contributed by atoms with Crippen molar-refractivity contribution in [2.75, 3.05) is 11.6 Å². The Kier molecular flexibility index (Phi) is 2.83. The van der Waals surface area contributed by atoms with E-state index >= 15 is 0 Å². The first-order valence-corrected chi connectivity index (χ1v) is 6.89. The monoisotopic (exact) mass is 269 g/mol. The maximum absolute atomic E-state index is 11.6. The zero-order valence-electron chi connectivity index (χ0n) is 9.43. The SMILES string of the molecule is CS(=O)(=O)c1ccc2c(c1)C(C(=O)NN)C(=O)N2. The van der Waals surface area contributed by atoms with Crippen LogP contribution >= 0.6 is 0 Å². The molecule has 0 aromatic heterocycles. The van der Waals surface area contributed by atoms with Crippen molar-refractivity contribution in [1.82, 2.24) is 5.43 Å². The van der Waals surface area contributed by atoms with E-state index in [4.69, 9.17) is 5.84 Å². The van der Waals surface area contributed by atoms with Crippen LogP contribution < -0.4 is 16.6 Å². The largest absolute Gasteiger partial charge is 0.325 e. The number of hydrogen-bond donors (Lipinski definition) is 3. The molecule has 1 atom stereocenters. The molecule has 0 saturated heterocycles. The second-order valence-electron chi connectivity index (χ2n) is 3.95. The average molecular weight is 269 g/mol. The molecule has 0 bridgehead atoms. The van der Waals surface area contributed by atoms with E-state index in [9.17, 15) is 18.0 Å². The number of nitrogens with two attached hydrogens (primary N) is 1. The molecular formula is C10H11N3O4S. The van der Waals surface area contributed by atoms with Gasteiger partial charge in [-0.25, -0.2) is 14.3 Å². The predicted molar refractivity (Wildman–Crippen MR) is 63.3 cm³/mol. The van der Waals surface area contributed by atoms with Gasteiger partial charge in [-0.3, -0.25) is 15.0 Å². The number of sulfone groups is 1. The summed E-state index contributed by atoms with van der Waals surface area (Å²) in [6, 6.07) is 4.13. The van der Waals surface area contributed by atoms with Gasteiger partial charge in [0.2, 0.25) is 5.91 Å². The molecular weight excluding hydrogens is 258 g/mol. The van der Waals surface area contributed by atoms with Crippen LogP contribution in [0.25, 0.3) is 0 Å². The minimum Gasteiger partial charge on any atom is -0.325 e. The Morgan fingerprint density at radius 3 is 2.67 bits per heavy atom. The fourth-order valence-corrected chi connectivity index (χ4v) is 2.47. The molecule has 0 saturated carbocycles. The normalized spacial score (nSPS) is 18.1. The van der Waals surface area contributed by atoms with Crippen molar-refractivity contribution in [2.45, 2.75) is 10.8 Å². The van der Waals surface area contributed by atoms with Crippen molar-refractivity contribution in [2.24, 2.45) is 5.84 Å².